The molecule has 7 N–H and O–H groups in total. The van der Waals surface area contributed by atoms with Gasteiger partial charge in [-0.05, 0) is 24.3 Å². The van der Waals surface area contributed by atoms with Crippen LogP contribution in [-0.2, 0) is 57.0 Å². The van der Waals surface area contributed by atoms with Gasteiger partial charge in [-0.2, -0.15) is 8.42 Å². The molecule has 1 radical (unpaired) electrons. The Balaban J connectivity index is 0.00000331. The van der Waals surface area contributed by atoms with Crippen LogP contribution in [0.3, 0.4) is 0 Å². The van der Waals surface area contributed by atoms with Crippen molar-refractivity contribution < 1.29 is 92.5 Å². The largest absolute Gasteiger partial charge is 2.00 e. The van der Waals surface area contributed by atoms with Gasteiger partial charge < -0.3 is 30.6 Å². The smallest absolute Gasteiger partial charge is 0.508 e. The first-order valence-corrected chi connectivity index (χ1v) is 13.5. The van der Waals surface area contributed by atoms with Gasteiger partial charge in [0, 0.05) is 24.2 Å². The number of hydrogen-bond acceptors (Lipinski definition) is 13. The number of hydrogen-bond donors (Lipinski definition) is 7. The minimum atomic E-state index is -4.85. The summed E-state index contributed by atoms with van der Waals surface area (Å²) in [5.41, 5.74) is -0.784. The van der Waals surface area contributed by atoms with Crippen molar-refractivity contribution in [3.05, 3.63) is 53.6 Å². The van der Waals surface area contributed by atoms with Crippen molar-refractivity contribution in [1.82, 2.24) is 9.80 Å². The van der Waals surface area contributed by atoms with Crippen molar-refractivity contribution in [3.8, 4) is 11.5 Å². The molecule has 2 rings (SSSR count). The van der Waals surface area contributed by atoms with E-state index >= 15 is 0 Å². The van der Waals surface area contributed by atoms with Gasteiger partial charge in [0.05, 0.1) is 18.0 Å². The third kappa shape index (κ3) is 12.3. The number of benzene rings is 2. The molecule has 0 heterocycles. The van der Waals surface area contributed by atoms with E-state index in [1.165, 1.54) is 24.3 Å². The molecule has 0 bridgehead atoms. The van der Waals surface area contributed by atoms with Gasteiger partial charge in [0.2, 0.25) is 0 Å². The van der Waals surface area contributed by atoms with E-state index < -0.39 is 105 Å². The number of carbonyl (C=O) groups is 4. The first-order chi connectivity index (χ1) is 19.4. The molecule has 0 saturated carbocycles. The van der Waals surface area contributed by atoms with Crippen LogP contribution in [0.15, 0.2) is 47.4 Å². The number of phenols is 2. The fourth-order valence-corrected chi connectivity index (χ4v) is 4.32. The van der Waals surface area contributed by atoms with Crippen LogP contribution in [0.4, 0.5) is 0 Å². The monoisotopic (exact) mass is 691 g/mol. The normalized spacial score (nSPS) is 12.3. The molecule has 21 heteroatoms. The van der Waals surface area contributed by atoms with Crippen LogP contribution in [0.1, 0.15) is 23.2 Å². The molecule has 0 spiro atoms. The Bertz CT molecular complexity index is 1540. The Hall–Kier alpha value is -4.11. The summed E-state index contributed by atoms with van der Waals surface area (Å²) in [7, 11) is -7.96. The number of aromatic hydroxyl groups is 2. The van der Waals surface area contributed by atoms with Crippen LogP contribution in [0, 0.1) is 0 Å². The molecule has 18 nitrogen and oxygen atoms in total. The predicted octanol–water partition coefficient (Wildman–Crippen LogP) is -0.937. The van der Waals surface area contributed by atoms with Crippen LogP contribution in [-0.4, -0.2) is 116 Å². The molecule has 1 unspecified atom stereocenters. The molecular weight excluding hydrogens is 667 g/mol. The van der Waals surface area contributed by atoms with E-state index in [4.69, 9.17) is 12.6 Å². The molecule has 0 aliphatic carbocycles. The average molecular weight is 692 g/mol. The zero-order valence-electron chi connectivity index (χ0n) is 21.4. The number of carboxylic acid groups (broad SMARTS) is 4. The Morgan fingerprint density at radius 1 is 0.721 bits per heavy atom. The van der Waals surface area contributed by atoms with Crippen LogP contribution in [0.25, 0.3) is 0 Å². The Labute approximate surface area is 254 Å². The second-order valence-corrected chi connectivity index (χ2v) is 10.00. The molecule has 2 atom stereocenters. The molecule has 0 fully saturated rings. The molecule has 0 aliphatic rings. The van der Waals surface area contributed by atoms with E-state index in [0.717, 1.165) is 21.9 Å². The Morgan fingerprint density at radius 3 is 1.49 bits per heavy atom. The van der Waals surface area contributed by atoms with Gasteiger partial charge in [0.15, 0.2) is 0 Å². The molecule has 43 heavy (non-hydrogen) atoms. The van der Waals surface area contributed by atoms with Gasteiger partial charge in [0.25, 0.3) is 10.1 Å². The number of nitrogens with zero attached hydrogens (tertiary/aromatic N) is 2. The number of para-hydroxylation sites is 1. The molecule has 235 valence electrons. The molecule has 0 aliphatic heterocycles. The number of phenolic OH excluding ortho intramolecular Hbond substituents is 2. The maximum atomic E-state index is 12.2. The first kappa shape index (κ1) is 38.9. The Kier molecular flexibility index (Phi) is 15.5. The molecule has 2 aromatic carbocycles. The first-order valence-electron chi connectivity index (χ1n) is 11.1. The topological polar surface area (TPSA) is 302 Å². The minimum absolute atomic E-state index is 0. The van der Waals surface area contributed by atoms with Crippen LogP contribution < -0.4 is 0 Å². The van der Waals surface area contributed by atoms with E-state index in [-0.39, 0.29) is 22.6 Å². The predicted molar refractivity (Wildman–Crippen MR) is 135 cm³/mol. The van der Waals surface area contributed by atoms with Crippen molar-refractivity contribution in [3.63, 3.8) is 0 Å². The van der Waals surface area contributed by atoms with E-state index in [9.17, 15) is 62.8 Å². The van der Waals surface area contributed by atoms with E-state index in [0.29, 0.717) is 6.07 Å². The summed E-state index contributed by atoms with van der Waals surface area (Å²) < 4.78 is 57.7. The van der Waals surface area contributed by atoms with Crippen molar-refractivity contribution in [2.75, 3.05) is 26.2 Å². The third-order valence-corrected chi connectivity index (χ3v) is 6.22. The number of carboxylic acids is 4. The summed E-state index contributed by atoms with van der Waals surface area (Å²) in [4.78, 5) is 48.1. The van der Waals surface area contributed by atoms with Crippen molar-refractivity contribution in [2.45, 2.75) is 17.0 Å². The number of aliphatic carboxylic acids is 4. The van der Waals surface area contributed by atoms with Crippen molar-refractivity contribution >= 4 is 44.6 Å². The maximum absolute atomic E-state index is 12.2. The Morgan fingerprint density at radius 2 is 1.12 bits per heavy atom. The van der Waals surface area contributed by atoms with Gasteiger partial charge in [-0.3, -0.25) is 33.5 Å². The number of rotatable bonds is 14. The summed E-state index contributed by atoms with van der Waals surface area (Å²) in [6.07, 6.45) is 0. The van der Waals surface area contributed by atoms with Crippen molar-refractivity contribution in [1.29, 1.82) is 0 Å². The van der Waals surface area contributed by atoms with Gasteiger partial charge in [-0.25, -0.2) is 0 Å². The van der Waals surface area contributed by atoms with Gasteiger partial charge in [0.1, 0.15) is 23.6 Å². The summed E-state index contributed by atoms with van der Waals surface area (Å²) in [5.74, 6) is -7.56. The SMILES string of the molecule is O=C(O)CN(CCN(CC(=O)O)[C@H](C(=O)O)c1ccccc1O)C(C(=O)O)c1cc(S(=O)(=O)O)ccc1O.O=S(=O)=O.[Mn+2]. The fraction of sp³-hybridized carbons (Fsp3) is 0.273. The average Bonchev–Trinajstić information content (AvgIpc) is 2.82. The molecule has 2 aromatic rings. The van der Waals surface area contributed by atoms with Crippen LogP contribution in [0.5, 0.6) is 11.5 Å². The van der Waals surface area contributed by atoms with Gasteiger partial charge in [-0.15, -0.1) is 12.6 Å². The second kappa shape index (κ2) is 17.1. The summed E-state index contributed by atoms with van der Waals surface area (Å²) in [6, 6.07) is 3.64. The second-order valence-electron chi connectivity index (χ2n) is 8.17. The van der Waals surface area contributed by atoms with Crippen LogP contribution in [0.2, 0.25) is 0 Å². The van der Waals surface area contributed by atoms with E-state index in [1.54, 1.807) is 0 Å². The fourth-order valence-electron chi connectivity index (χ4n) is 3.81. The van der Waals surface area contributed by atoms with E-state index in [2.05, 4.69) is 0 Å². The van der Waals surface area contributed by atoms with E-state index in [1.807, 2.05) is 0 Å². The molecule has 0 amide bonds. The summed E-state index contributed by atoms with van der Waals surface area (Å²) in [5, 5.41) is 58.7. The summed E-state index contributed by atoms with van der Waals surface area (Å²) in [6.45, 7) is -3.09. The standard InChI is InChI=1S/C22H24N2O13S.Mn.O3S/c25-15-4-2-1-3-13(15)19(21(31)32)23(10-17(27)28)7-8-24(11-18(29)30)20(22(33)34)14-9-12(38(35,36)37)5-6-16(14)26;;1-4(2)3/h1-6,9,19-20,25-26H,7-8,10-11H2,(H,27,28)(H,29,30)(H,31,32)(H,33,34)(H,35,36,37);;/q;+2;/t19-,20?;;/m0../s1. The molecular formula is C22H24MnN2O16S2+2. The van der Waals surface area contributed by atoms with Gasteiger partial charge in [-0.1, -0.05) is 18.2 Å². The maximum Gasteiger partial charge on any atom is 2.00 e. The van der Waals surface area contributed by atoms with Crippen molar-refractivity contribution in [2.24, 2.45) is 0 Å². The third-order valence-electron chi connectivity index (χ3n) is 5.37. The molecule has 0 saturated heterocycles. The molecule has 0 aromatic heterocycles. The quantitative estimate of drug-likeness (QED) is 0.0929. The zero-order valence-corrected chi connectivity index (χ0v) is 24.2. The van der Waals surface area contributed by atoms with Gasteiger partial charge >= 0.3 is 51.6 Å². The zero-order chi connectivity index (χ0) is 32.4. The summed E-state index contributed by atoms with van der Waals surface area (Å²) >= 11 is 0. The van der Waals surface area contributed by atoms with Crippen LogP contribution >= 0.6 is 0 Å². The minimum Gasteiger partial charge on any atom is -0.508 e.